The van der Waals surface area contributed by atoms with Crippen molar-refractivity contribution in [2.24, 2.45) is 0 Å². The highest BCUT2D eigenvalue weighted by Gasteiger charge is 2.41. The Hall–Kier alpha value is -0.260. The van der Waals surface area contributed by atoms with Gasteiger partial charge >= 0.3 is 0 Å². The number of amides is 1. The van der Waals surface area contributed by atoms with Crippen LogP contribution in [0.2, 0.25) is 0 Å². The third kappa shape index (κ3) is 3.54. The van der Waals surface area contributed by atoms with Crippen molar-refractivity contribution in [3.63, 3.8) is 0 Å². The van der Waals surface area contributed by atoms with Gasteiger partial charge < -0.3 is 9.50 Å². The van der Waals surface area contributed by atoms with Crippen LogP contribution in [0.25, 0.3) is 0 Å². The van der Waals surface area contributed by atoms with Crippen LogP contribution in [0, 0.1) is 0 Å². The lowest BCUT2D eigenvalue weighted by Crippen LogP contribution is -2.29. The molecule has 0 spiro atoms. The summed E-state index contributed by atoms with van der Waals surface area (Å²) < 4.78 is 7.03. The lowest BCUT2D eigenvalue weighted by molar-refractivity contribution is -0.120. The SMILES string of the molecule is CCCNC(=O)C1CN1SOCC. The summed E-state index contributed by atoms with van der Waals surface area (Å²) >= 11 is 1.28. The second kappa shape index (κ2) is 5.47. The van der Waals surface area contributed by atoms with E-state index in [2.05, 4.69) is 5.32 Å². The molecule has 1 rings (SSSR count). The van der Waals surface area contributed by atoms with E-state index in [1.165, 1.54) is 12.2 Å². The molecule has 76 valence electrons. The Morgan fingerprint density at radius 3 is 3.08 bits per heavy atom. The molecule has 4 nitrogen and oxygen atoms in total. The van der Waals surface area contributed by atoms with Crippen molar-refractivity contribution < 1.29 is 8.98 Å². The number of nitrogens with one attached hydrogen (secondary N) is 1. The van der Waals surface area contributed by atoms with Gasteiger partial charge in [-0.05, 0) is 13.3 Å². The van der Waals surface area contributed by atoms with Crippen LogP contribution in [0.15, 0.2) is 0 Å². The molecule has 1 aliphatic heterocycles. The lowest BCUT2D eigenvalue weighted by atomic mass is 10.4. The molecule has 0 saturated carbocycles. The standard InChI is InChI=1S/C8H16N2O2S/c1-3-5-9-8(11)7-6-10(7)13-12-4-2/h7H,3-6H2,1-2H3,(H,9,11). The molecule has 0 aliphatic carbocycles. The van der Waals surface area contributed by atoms with Crippen LogP contribution in [-0.2, 0) is 8.98 Å². The third-order valence-corrected chi connectivity index (χ3v) is 2.62. The molecular formula is C8H16N2O2S. The zero-order valence-electron chi connectivity index (χ0n) is 8.08. The molecule has 2 atom stereocenters. The molecule has 1 heterocycles. The summed E-state index contributed by atoms with van der Waals surface area (Å²) in [5.74, 6) is 0.119. The summed E-state index contributed by atoms with van der Waals surface area (Å²) in [6.07, 6.45) is 0.983. The minimum Gasteiger partial charge on any atom is -0.355 e. The van der Waals surface area contributed by atoms with Crippen LogP contribution in [0.3, 0.4) is 0 Å². The van der Waals surface area contributed by atoms with Crippen LogP contribution in [0.4, 0.5) is 0 Å². The maximum atomic E-state index is 11.3. The number of carbonyl (C=O) groups excluding carboxylic acids is 1. The van der Waals surface area contributed by atoms with Crippen molar-refractivity contribution in [2.45, 2.75) is 26.3 Å². The number of hydrogen-bond acceptors (Lipinski definition) is 4. The highest BCUT2D eigenvalue weighted by Crippen LogP contribution is 2.28. The van der Waals surface area contributed by atoms with E-state index in [0.717, 1.165) is 19.5 Å². The molecule has 0 aromatic heterocycles. The third-order valence-electron chi connectivity index (χ3n) is 1.69. The van der Waals surface area contributed by atoms with Gasteiger partial charge in [0.1, 0.15) is 6.04 Å². The Morgan fingerprint density at radius 2 is 2.46 bits per heavy atom. The fourth-order valence-electron chi connectivity index (χ4n) is 0.906. The fourth-order valence-corrected chi connectivity index (χ4v) is 1.55. The van der Waals surface area contributed by atoms with Gasteiger partial charge in [-0.2, -0.15) is 0 Å². The normalized spacial score (nSPS) is 25.7. The minimum absolute atomic E-state index is 0.0306. The van der Waals surface area contributed by atoms with Crippen LogP contribution >= 0.6 is 12.2 Å². The highest BCUT2D eigenvalue weighted by molar-refractivity contribution is 7.92. The minimum atomic E-state index is 0.0306. The summed E-state index contributed by atoms with van der Waals surface area (Å²) in [7, 11) is 0. The maximum Gasteiger partial charge on any atom is 0.239 e. The van der Waals surface area contributed by atoms with Gasteiger partial charge in [0, 0.05) is 13.1 Å². The van der Waals surface area contributed by atoms with Gasteiger partial charge in [-0.3, -0.25) is 4.79 Å². The van der Waals surface area contributed by atoms with E-state index in [9.17, 15) is 4.79 Å². The van der Waals surface area contributed by atoms with Crippen molar-refractivity contribution in [3.05, 3.63) is 0 Å². The molecule has 0 bridgehead atoms. The maximum absolute atomic E-state index is 11.3. The summed E-state index contributed by atoms with van der Waals surface area (Å²) in [6.45, 7) is 6.22. The fraction of sp³-hybridized carbons (Fsp3) is 0.875. The van der Waals surface area contributed by atoms with Crippen LogP contribution in [0.5, 0.6) is 0 Å². The molecule has 2 unspecified atom stereocenters. The molecule has 0 aromatic carbocycles. The zero-order valence-corrected chi connectivity index (χ0v) is 8.89. The number of carbonyl (C=O) groups is 1. The first-order valence-electron chi connectivity index (χ1n) is 4.63. The summed E-state index contributed by atoms with van der Waals surface area (Å²) in [5, 5.41) is 2.85. The van der Waals surface area contributed by atoms with E-state index in [-0.39, 0.29) is 11.9 Å². The first-order chi connectivity index (χ1) is 6.29. The molecule has 0 radical (unpaired) electrons. The number of hydrogen-bond donors (Lipinski definition) is 1. The topological polar surface area (TPSA) is 41.3 Å². The monoisotopic (exact) mass is 204 g/mol. The van der Waals surface area contributed by atoms with Crippen LogP contribution in [0.1, 0.15) is 20.3 Å². The van der Waals surface area contributed by atoms with E-state index >= 15 is 0 Å². The van der Waals surface area contributed by atoms with Gasteiger partial charge in [-0.25, -0.2) is 4.31 Å². The van der Waals surface area contributed by atoms with Gasteiger partial charge in [0.2, 0.25) is 5.91 Å². The molecule has 1 saturated heterocycles. The largest absolute Gasteiger partial charge is 0.355 e. The van der Waals surface area contributed by atoms with Gasteiger partial charge in [0.25, 0.3) is 0 Å². The second-order valence-electron chi connectivity index (χ2n) is 2.89. The van der Waals surface area contributed by atoms with Crippen LogP contribution in [-0.4, -0.2) is 36.0 Å². The van der Waals surface area contributed by atoms with Crippen molar-refractivity contribution in [3.8, 4) is 0 Å². The molecule has 1 N–H and O–H groups in total. The molecule has 1 amide bonds. The van der Waals surface area contributed by atoms with Gasteiger partial charge in [-0.1, -0.05) is 6.92 Å². The van der Waals surface area contributed by atoms with Gasteiger partial charge in [0.05, 0.1) is 18.8 Å². The van der Waals surface area contributed by atoms with Crippen molar-refractivity contribution in [1.29, 1.82) is 0 Å². The van der Waals surface area contributed by atoms with E-state index in [1.54, 1.807) is 0 Å². The van der Waals surface area contributed by atoms with E-state index in [0.29, 0.717) is 6.61 Å². The Morgan fingerprint density at radius 1 is 1.69 bits per heavy atom. The average Bonchev–Trinajstić information content (AvgIpc) is 2.90. The number of nitrogens with zero attached hydrogens (tertiary/aromatic N) is 1. The number of rotatable bonds is 6. The average molecular weight is 204 g/mol. The van der Waals surface area contributed by atoms with E-state index in [4.69, 9.17) is 4.18 Å². The quantitative estimate of drug-likeness (QED) is 0.395. The second-order valence-corrected chi connectivity index (χ2v) is 3.74. The van der Waals surface area contributed by atoms with E-state index < -0.39 is 0 Å². The Bertz CT molecular complexity index is 178. The first-order valence-corrected chi connectivity index (χ1v) is 5.33. The zero-order chi connectivity index (χ0) is 9.68. The Labute approximate surface area is 83.3 Å². The molecular weight excluding hydrogens is 188 g/mol. The lowest BCUT2D eigenvalue weighted by Gasteiger charge is -2.02. The summed E-state index contributed by atoms with van der Waals surface area (Å²) in [4.78, 5) is 11.3. The van der Waals surface area contributed by atoms with Crippen molar-refractivity contribution in [2.75, 3.05) is 19.7 Å². The Kier molecular flexibility index (Phi) is 4.55. The Balaban J connectivity index is 2.07. The van der Waals surface area contributed by atoms with Crippen molar-refractivity contribution >= 4 is 18.1 Å². The highest BCUT2D eigenvalue weighted by atomic mass is 32.2. The molecule has 1 aliphatic rings. The first kappa shape index (κ1) is 10.8. The molecule has 0 aromatic rings. The summed E-state index contributed by atoms with van der Waals surface area (Å²) in [5.41, 5.74) is 0. The van der Waals surface area contributed by atoms with Gasteiger partial charge in [-0.15, -0.1) is 0 Å². The molecule has 5 heteroatoms. The van der Waals surface area contributed by atoms with Crippen LogP contribution < -0.4 is 5.32 Å². The predicted octanol–water partition coefficient (Wildman–Crippen LogP) is 0.796. The smallest absolute Gasteiger partial charge is 0.239 e. The van der Waals surface area contributed by atoms with E-state index in [1.807, 2.05) is 18.2 Å². The molecule has 1 fully saturated rings. The predicted molar refractivity (Wildman–Crippen MR) is 53.0 cm³/mol. The molecule has 13 heavy (non-hydrogen) atoms. The van der Waals surface area contributed by atoms with Gasteiger partial charge in [0.15, 0.2) is 0 Å². The summed E-state index contributed by atoms with van der Waals surface area (Å²) in [6, 6.07) is 0.0306. The van der Waals surface area contributed by atoms with Crippen molar-refractivity contribution in [1.82, 2.24) is 9.62 Å².